The molecule has 2 aliphatic rings. The van der Waals surface area contributed by atoms with E-state index in [1.807, 2.05) is 19.1 Å². The molecule has 28 heavy (non-hydrogen) atoms. The van der Waals surface area contributed by atoms with E-state index in [9.17, 15) is 10.1 Å². The zero-order chi connectivity index (χ0) is 20.1. The highest BCUT2D eigenvalue weighted by molar-refractivity contribution is 5.79. The number of hydrogen-bond acceptors (Lipinski definition) is 6. The molecule has 1 saturated heterocycles. The molecule has 7 heteroatoms. The molecule has 3 rings (SSSR count). The normalized spacial score (nSPS) is 20.1. The van der Waals surface area contributed by atoms with Gasteiger partial charge in [0.15, 0.2) is 11.5 Å². The lowest BCUT2D eigenvalue weighted by molar-refractivity contribution is -0.124. The van der Waals surface area contributed by atoms with E-state index in [0.717, 1.165) is 57.1 Å². The Morgan fingerprint density at radius 3 is 2.39 bits per heavy atom. The lowest BCUT2D eigenvalue weighted by Crippen LogP contribution is -2.53. The Morgan fingerprint density at radius 1 is 1.18 bits per heavy atom. The Morgan fingerprint density at radius 2 is 1.82 bits per heavy atom. The molecule has 152 valence electrons. The summed E-state index contributed by atoms with van der Waals surface area (Å²) in [5, 5.41) is 12.3. The maximum absolute atomic E-state index is 12.4. The van der Waals surface area contributed by atoms with Crippen LogP contribution in [0.25, 0.3) is 0 Å². The van der Waals surface area contributed by atoms with Crippen LogP contribution in [0.15, 0.2) is 18.2 Å². The van der Waals surface area contributed by atoms with Crippen LogP contribution in [-0.4, -0.2) is 68.2 Å². The van der Waals surface area contributed by atoms with Crippen molar-refractivity contribution in [3.05, 3.63) is 23.8 Å². The summed E-state index contributed by atoms with van der Waals surface area (Å²) in [5.74, 6) is 1.73. The van der Waals surface area contributed by atoms with Gasteiger partial charge in [-0.25, -0.2) is 0 Å². The van der Waals surface area contributed by atoms with Crippen LogP contribution in [-0.2, 0) is 11.3 Å². The number of carbonyl (C=O) groups is 1. The summed E-state index contributed by atoms with van der Waals surface area (Å²) >= 11 is 0. The summed E-state index contributed by atoms with van der Waals surface area (Å²) in [6.45, 7) is 6.52. The van der Waals surface area contributed by atoms with E-state index in [2.05, 4.69) is 27.3 Å². The third-order valence-corrected chi connectivity index (χ3v) is 5.71. The van der Waals surface area contributed by atoms with Crippen LogP contribution in [0, 0.1) is 17.2 Å². The van der Waals surface area contributed by atoms with Crippen LogP contribution in [0.2, 0.25) is 0 Å². The van der Waals surface area contributed by atoms with Crippen molar-refractivity contribution >= 4 is 5.91 Å². The summed E-state index contributed by atoms with van der Waals surface area (Å²) in [4.78, 5) is 16.9. The Labute approximate surface area is 167 Å². The Hall–Kier alpha value is -2.30. The minimum atomic E-state index is -0.716. The van der Waals surface area contributed by atoms with Crippen molar-refractivity contribution in [2.24, 2.45) is 5.92 Å². The number of amides is 1. The molecule has 1 aromatic rings. The average molecular weight is 386 g/mol. The lowest BCUT2D eigenvalue weighted by Gasteiger charge is -2.35. The SMILES string of the molecule is COc1ccc(CN2CCN(CC(=O)N[C@](C)(C#N)C3CC3)CC2)cc1OC. The smallest absolute Gasteiger partial charge is 0.235 e. The van der Waals surface area contributed by atoms with Gasteiger partial charge >= 0.3 is 0 Å². The van der Waals surface area contributed by atoms with E-state index in [-0.39, 0.29) is 5.91 Å². The van der Waals surface area contributed by atoms with Crippen molar-refractivity contribution in [3.63, 3.8) is 0 Å². The van der Waals surface area contributed by atoms with E-state index in [1.54, 1.807) is 14.2 Å². The van der Waals surface area contributed by atoms with Crippen LogP contribution in [0.1, 0.15) is 25.3 Å². The van der Waals surface area contributed by atoms with Crippen LogP contribution in [0.4, 0.5) is 0 Å². The summed E-state index contributed by atoms with van der Waals surface area (Å²) in [6.07, 6.45) is 2.05. The maximum atomic E-state index is 12.4. The average Bonchev–Trinajstić information content (AvgIpc) is 3.55. The van der Waals surface area contributed by atoms with E-state index >= 15 is 0 Å². The molecule has 1 N–H and O–H groups in total. The number of ether oxygens (including phenoxy) is 2. The molecule has 1 amide bonds. The van der Waals surface area contributed by atoms with Crippen molar-refractivity contribution in [2.45, 2.75) is 31.8 Å². The predicted octanol–water partition coefficient (Wildman–Crippen LogP) is 1.63. The minimum Gasteiger partial charge on any atom is -0.493 e. The van der Waals surface area contributed by atoms with Crippen LogP contribution < -0.4 is 14.8 Å². The van der Waals surface area contributed by atoms with Gasteiger partial charge in [0.05, 0.1) is 26.8 Å². The van der Waals surface area contributed by atoms with Gasteiger partial charge in [-0.3, -0.25) is 14.6 Å². The van der Waals surface area contributed by atoms with Crippen molar-refractivity contribution in [2.75, 3.05) is 46.9 Å². The molecule has 2 fully saturated rings. The predicted molar refractivity (Wildman–Crippen MR) is 106 cm³/mol. The molecular formula is C21H30N4O3. The summed E-state index contributed by atoms with van der Waals surface area (Å²) in [6, 6.07) is 8.28. The van der Waals surface area contributed by atoms with E-state index in [0.29, 0.717) is 12.5 Å². The number of carbonyl (C=O) groups excluding carboxylic acids is 1. The number of nitriles is 1. The van der Waals surface area contributed by atoms with Gasteiger partial charge in [-0.1, -0.05) is 6.07 Å². The second kappa shape index (κ2) is 8.80. The fraction of sp³-hybridized carbons (Fsp3) is 0.619. The van der Waals surface area contributed by atoms with E-state index in [1.165, 1.54) is 5.56 Å². The lowest BCUT2D eigenvalue weighted by atomic mass is 9.98. The van der Waals surface area contributed by atoms with Crippen LogP contribution in [0.3, 0.4) is 0 Å². The Bertz CT molecular complexity index is 736. The van der Waals surface area contributed by atoms with Gasteiger partial charge in [-0.15, -0.1) is 0 Å². The fourth-order valence-electron chi connectivity index (χ4n) is 3.76. The first-order valence-electron chi connectivity index (χ1n) is 9.85. The van der Waals surface area contributed by atoms with Crippen molar-refractivity contribution < 1.29 is 14.3 Å². The van der Waals surface area contributed by atoms with E-state index in [4.69, 9.17) is 9.47 Å². The summed E-state index contributed by atoms with van der Waals surface area (Å²) in [5.41, 5.74) is 0.463. The molecule has 1 aliphatic carbocycles. The molecule has 1 aromatic carbocycles. The van der Waals surface area contributed by atoms with Gasteiger partial charge in [0.2, 0.25) is 5.91 Å². The Kier molecular flexibility index (Phi) is 6.42. The second-order valence-electron chi connectivity index (χ2n) is 7.88. The first kappa shape index (κ1) is 20.4. The van der Waals surface area contributed by atoms with E-state index < -0.39 is 5.54 Å². The first-order chi connectivity index (χ1) is 13.5. The van der Waals surface area contributed by atoms with Crippen LogP contribution >= 0.6 is 0 Å². The highest BCUT2D eigenvalue weighted by Gasteiger charge is 2.43. The monoisotopic (exact) mass is 386 g/mol. The highest BCUT2D eigenvalue weighted by atomic mass is 16.5. The number of nitrogens with zero attached hydrogens (tertiary/aromatic N) is 3. The molecule has 7 nitrogen and oxygen atoms in total. The van der Waals surface area contributed by atoms with Gasteiger partial charge in [0.25, 0.3) is 0 Å². The minimum absolute atomic E-state index is 0.0516. The number of hydrogen-bond donors (Lipinski definition) is 1. The number of benzene rings is 1. The van der Waals surface area contributed by atoms with Crippen molar-refractivity contribution in [1.82, 2.24) is 15.1 Å². The molecule has 0 bridgehead atoms. The zero-order valence-corrected chi connectivity index (χ0v) is 17.0. The summed E-state index contributed by atoms with van der Waals surface area (Å²) < 4.78 is 10.7. The maximum Gasteiger partial charge on any atom is 0.235 e. The van der Waals surface area contributed by atoms with Crippen molar-refractivity contribution in [3.8, 4) is 17.6 Å². The molecule has 0 aromatic heterocycles. The number of nitrogens with one attached hydrogen (secondary N) is 1. The van der Waals surface area contributed by atoms with Crippen molar-refractivity contribution in [1.29, 1.82) is 5.26 Å². The third kappa shape index (κ3) is 4.94. The molecule has 1 saturated carbocycles. The zero-order valence-electron chi connectivity index (χ0n) is 17.0. The topological polar surface area (TPSA) is 77.8 Å². The molecule has 0 spiro atoms. The van der Waals surface area contributed by atoms with Gasteiger partial charge < -0.3 is 14.8 Å². The second-order valence-corrected chi connectivity index (χ2v) is 7.88. The van der Waals surface area contributed by atoms with Gasteiger partial charge in [-0.2, -0.15) is 5.26 Å². The quantitative estimate of drug-likeness (QED) is 0.732. The number of rotatable bonds is 8. The molecule has 0 unspecified atom stereocenters. The number of piperazine rings is 1. The Balaban J connectivity index is 1.45. The highest BCUT2D eigenvalue weighted by Crippen LogP contribution is 2.39. The fourth-order valence-corrected chi connectivity index (χ4v) is 3.76. The molecular weight excluding hydrogens is 356 g/mol. The molecule has 1 atom stereocenters. The standard InChI is InChI=1S/C21H30N4O3/c1-21(15-22,17-5-6-17)23-20(26)14-25-10-8-24(9-11-25)13-16-4-7-18(27-2)19(12-16)28-3/h4,7,12,17H,5-6,8-11,13-14H2,1-3H3,(H,23,26)/t21-/m1/s1. The first-order valence-corrected chi connectivity index (χ1v) is 9.85. The number of methoxy groups -OCH3 is 2. The van der Waals surface area contributed by atoms with Gasteiger partial charge in [0, 0.05) is 32.7 Å². The molecule has 0 radical (unpaired) electrons. The summed E-state index contributed by atoms with van der Waals surface area (Å²) in [7, 11) is 3.28. The van der Waals surface area contributed by atoms with Gasteiger partial charge in [0.1, 0.15) is 5.54 Å². The van der Waals surface area contributed by atoms with Gasteiger partial charge in [-0.05, 0) is 43.4 Å². The van der Waals surface area contributed by atoms with Crippen LogP contribution in [0.5, 0.6) is 11.5 Å². The molecule has 1 heterocycles. The third-order valence-electron chi connectivity index (χ3n) is 5.71. The molecule has 1 aliphatic heterocycles. The largest absolute Gasteiger partial charge is 0.493 e.